The number of fused-ring (bicyclic) bond motifs is 4. The number of nitrogens with one attached hydrogen (secondary N) is 1. The fourth-order valence-electron chi connectivity index (χ4n) is 16.4. The van der Waals surface area contributed by atoms with Gasteiger partial charge < -0.3 is 20.5 Å². The van der Waals surface area contributed by atoms with E-state index in [1.807, 2.05) is 24.4 Å². The molecule has 3 aliphatic rings. The molecule has 0 amide bonds. The minimum absolute atomic E-state index is 0.626. The highest BCUT2D eigenvalue weighted by Crippen LogP contribution is 2.33. The van der Waals surface area contributed by atoms with E-state index >= 15 is 0 Å². The number of halogens is 1. The first-order valence-electron chi connectivity index (χ1n) is 49.8. The molecule has 694 valence electrons. The molecule has 2 aliphatic heterocycles. The Hall–Kier alpha value is -8.53. The Morgan fingerprint density at radius 3 is 1.22 bits per heavy atom. The van der Waals surface area contributed by atoms with Gasteiger partial charge in [-0.1, -0.05) is 342 Å². The zero-order chi connectivity index (χ0) is 92.4. The summed E-state index contributed by atoms with van der Waals surface area (Å²) in [7, 11) is 0. The Morgan fingerprint density at radius 2 is 0.748 bits per heavy atom. The number of pyridine rings is 1. The van der Waals surface area contributed by atoms with Gasteiger partial charge in [0.25, 0.3) is 0 Å². The normalized spacial score (nSPS) is 12.4. The van der Waals surface area contributed by atoms with Crippen LogP contribution in [0.15, 0.2) is 254 Å². The molecule has 0 atom stereocenters. The van der Waals surface area contributed by atoms with Crippen molar-refractivity contribution < 1.29 is 0 Å². The van der Waals surface area contributed by atoms with Gasteiger partial charge in [0.05, 0.1) is 18.9 Å². The number of aryl methyl sites for hydroxylation is 8. The van der Waals surface area contributed by atoms with Crippen LogP contribution in [-0.4, -0.2) is 50.1 Å². The summed E-state index contributed by atoms with van der Waals surface area (Å²) in [5, 5.41) is 9.43. The second-order valence-electron chi connectivity index (χ2n) is 39.6. The van der Waals surface area contributed by atoms with Gasteiger partial charge in [0, 0.05) is 75.7 Å². The third-order valence-corrected chi connectivity index (χ3v) is 24.1. The Labute approximate surface area is 785 Å². The SMILES string of the molecule is CC(C)CC1Cc2ccccc2C1.CC(C)CCCCc1ccccc1.CC(C)CCCc1c[nH]c2ccccc12.CC(C)CCCc1ccc(Br)cc1.CC(C)CCCc1ccc(N)cc1.CC(C)CCCc1ccccc1.CC(C)CCCc1ccccn1.CC(C)CCCn1nccn1.CC(C)N1CCCc2ccccc21.CC(C)N1CCc2ccccc21. The quantitative estimate of drug-likeness (QED) is 0.0315. The molecule has 8 aromatic carbocycles. The Bertz CT molecular complexity index is 4310. The first-order valence-corrected chi connectivity index (χ1v) is 50.6. The maximum absolute atomic E-state index is 5.60. The Kier molecular flexibility index (Phi) is 55.9. The number of benzene rings is 8. The van der Waals surface area contributed by atoms with Crippen LogP contribution in [0.5, 0.6) is 0 Å². The fraction of sp³-hybridized carbons (Fsp3) is 0.517. The van der Waals surface area contributed by atoms with E-state index in [1.165, 1.54) is 251 Å². The van der Waals surface area contributed by atoms with E-state index < -0.39 is 0 Å². The molecule has 14 rings (SSSR count). The van der Waals surface area contributed by atoms with Crippen LogP contribution in [0.25, 0.3) is 10.9 Å². The van der Waals surface area contributed by atoms with Crippen LogP contribution in [0.3, 0.4) is 0 Å². The molecule has 3 aromatic heterocycles. The molecule has 8 nitrogen and oxygen atoms in total. The van der Waals surface area contributed by atoms with E-state index in [9.17, 15) is 0 Å². The van der Waals surface area contributed by atoms with Crippen molar-refractivity contribution in [1.29, 1.82) is 0 Å². The highest BCUT2D eigenvalue weighted by molar-refractivity contribution is 9.10. The monoisotopic (exact) mass is 1780 g/mol. The number of nitrogens with two attached hydrogens (primary N) is 1. The first kappa shape index (κ1) is 109. The fourth-order valence-corrected chi connectivity index (χ4v) is 16.7. The summed E-state index contributed by atoms with van der Waals surface area (Å²) in [5.41, 5.74) is 25.3. The van der Waals surface area contributed by atoms with Crippen LogP contribution in [0, 0.1) is 53.3 Å². The van der Waals surface area contributed by atoms with Gasteiger partial charge in [0.15, 0.2) is 0 Å². The van der Waals surface area contributed by atoms with Crippen LogP contribution >= 0.6 is 15.9 Å². The lowest BCUT2D eigenvalue weighted by molar-refractivity contribution is 0.426. The number of H-pyrrole nitrogens is 1. The number of aromatic amines is 1. The second kappa shape index (κ2) is 65.1. The van der Waals surface area contributed by atoms with Gasteiger partial charge in [0.1, 0.15) is 0 Å². The van der Waals surface area contributed by atoms with Crippen molar-refractivity contribution in [3.05, 3.63) is 309 Å². The molecule has 0 radical (unpaired) electrons. The minimum Gasteiger partial charge on any atom is -0.399 e. The van der Waals surface area contributed by atoms with E-state index in [1.54, 1.807) is 28.3 Å². The molecule has 0 unspecified atom stereocenters. The maximum atomic E-state index is 5.60. The van der Waals surface area contributed by atoms with Crippen LogP contribution in [0.2, 0.25) is 0 Å². The third-order valence-electron chi connectivity index (χ3n) is 23.5. The van der Waals surface area contributed by atoms with Gasteiger partial charge >= 0.3 is 0 Å². The molecule has 0 bridgehead atoms. The molecule has 0 spiro atoms. The molecule has 1 aliphatic carbocycles. The predicted molar refractivity (Wildman–Crippen MR) is 562 cm³/mol. The number of nitrogen functional groups attached to an aromatic ring is 1. The lowest BCUT2D eigenvalue weighted by Crippen LogP contribution is -2.35. The minimum atomic E-state index is 0.626. The standard InChI is InChI=1S/C14H19N.C13H18.C13H20.C12H17Br.C12H17N.C12H19N.C12H18.C11H15N.C11H17N.C8H15N3/c1-11(2)6-5-7-12-10-15-14-9-4-3-8-13(12)14;1-10(2)7-11-8-12-5-3-4-6-13(12)9-11;1-12(2)8-6-7-11-13-9-4-3-5-10-13;1-10(2)4-3-5-11-6-8-12(13)9-7-11;1-10(2)13-9-5-7-11-6-3-4-8-12(11)13;1-10(2)4-3-5-11-6-8-12(13)9-7-11;1-11(2)7-6-10-12-8-4-3-5-9-12;1-9(2)12-8-7-10-5-3-4-6-11(10)12;1-10(2)6-5-8-11-7-3-4-9-12-11;1-8(2)4-3-7-11-9-5-6-10-11/h3-4,8-11,15H,5-7H2,1-2H3;3-6,10-11H,7-9H2,1-2H3;3-5,9-10,12H,6-8,11H2,1-2H3;6-10H,3-5H2,1-2H3;3-4,6,8,10H,5,7,9H2,1-2H3;6-10H,3-5,13H2,1-2H3;3-5,8-9,11H,6-7,10H2,1-2H3;3-6,9H,7-8H2,1-2H3;3-4,7,9-10H,5-6,8H2,1-2H3;5-6,8H,3-4,7H2,1-2H3. The predicted octanol–water partition coefficient (Wildman–Crippen LogP) is 33.1. The summed E-state index contributed by atoms with van der Waals surface area (Å²) in [6.45, 7) is 48.8. The highest BCUT2D eigenvalue weighted by atomic mass is 79.9. The molecule has 127 heavy (non-hydrogen) atoms. The van der Waals surface area contributed by atoms with Crippen LogP contribution < -0.4 is 15.5 Å². The number of nitrogens with zero attached hydrogens (tertiary/aromatic N) is 6. The summed E-state index contributed by atoms with van der Waals surface area (Å²) in [4.78, 5) is 14.3. The Morgan fingerprint density at radius 1 is 0.354 bits per heavy atom. The number of aromatic nitrogens is 5. The largest absolute Gasteiger partial charge is 0.399 e. The zero-order valence-electron chi connectivity index (χ0n) is 83.4. The van der Waals surface area contributed by atoms with Gasteiger partial charge in [-0.15, -0.1) is 0 Å². The number of para-hydroxylation sites is 3. The van der Waals surface area contributed by atoms with Crippen molar-refractivity contribution in [1.82, 2.24) is 25.0 Å². The van der Waals surface area contributed by atoms with Gasteiger partial charge in [-0.3, -0.25) is 4.98 Å². The average Bonchev–Trinajstić information content (AvgIpc) is 1.83. The molecule has 5 heterocycles. The van der Waals surface area contributed by atoms with Crippen molar-refractivity contribution in [2.45, 2.75) is 330 Å². The molecule has 3 N–H and O–H groups in total. The summed E-state index contributed by atoms with van der Waals surface area (Å²) >= 11 is 3.44. The van der Waals surface area contributed by atoms with Gasteiger partial charge in [-0.05, 0) is 314 Å². The van der Waals surface area contributed by atoms with Crippen molar-refractivity contribution in [3.8, 4) is 0 Å². The van der Waals surface area contributed by atoms with Gasteiger partial charge in [-0.25, -0.2) is 0 Å². The summed E-state index contributed by atoms with van der Waals surface area (Å²) in [6, 6.07) is 80.6. The van der Waals surface area contributed by atoms with Crippen LogP contribution in [-0.2, 0) is 70.8 Å². The lowest BCUT2D eigenvalue weighted by atomic mass is 9.95. The molecular weight excluding hydrogens is 1610 g/mol. The van der Waals surface area contributed by atoms with Crippen molar-refractivity contribution in [3.63, 3.8) is 0 Å². The van der Waals surface area contributed by atoms with E-state index in [4.69, 9.17) is 5.73 Å². The number of hydrogen-bond donors (Lipinski definition) is 2. The molecule has 0 saturated carbocycles. The summed E-state index contributed by atoms with van der Waals surface area (Å²) in [5.74, 6) is 7.51. The number of rotatable bonds is 33. The van der Waals surface area contributed by atoms with Crippen molar-refractivity contribution in [2.75, 3.05) is 28.6 Å². The van der Waals surface area contributed by atoms with Crippen molar-refractivity contribution >= 4 is 43.9 Å². The van der Waals surface area contributed by atoms with E-state index in [-0.39, 0.29) is 0 Å². The van der Waals surface area contributed by atoms with E-state index in [2.05, 4.69) is 397 Å². The number of hydrogen-bond acceptors (Lipinski definition) is 6. The topological polar surface area (TPSA) is 91.9 Å². The highest BCUT2D eigenvalue weighted by Gasteiger charge is 2.23. The molecular formula is C118H175BrN8. The molecule has 11 aromatic rings. The first-order chi connectivity index (χ1) is 61.1. The van der Waals surface area contributed by atoms with Crippen LogP contribution in [0.1, 0.15) is 303 Å². The van der Waals surface area contributed by atoms with E-state index in [0.29, 0.717) is 12.1 Å². The van der Waals surface area contributed by atoms with Gasteiger partial charge in [-0.2, -0.15) is 15.0 Å². The lowest BCUT2D eigenvalue weighted by Gasteiger charge is -2.34. The number of anilines is 3. The average molecular weight is 1790 g/mol. The second-order valence-corrected chi connectivity index (χ2v) is 40.5. The third kappa shape index (κ3) is 49.7. The van der Waals surface area contributed by atoms with Crippen LogP contribution in [0.4, 0.5) is 17.1 Å². The maximum Gasteiger partial charge on any atom is 0.0693 e. The van der Waals surface area contributed by atoms with E-state index in [0.717, 1.165) is 71.9 Å². The summed E-state index contributed by atoms with van der Waals surface area (Å²) < 4.78 is 1.17. The smallest absolute Gasteiger partial charge is 0.0693 e. The molecule has 0 saturated heterocycles. The zero-order valence-corrected chi connectivity index (χ0v) is 85.0. The van der Waals surface area contributed by atoms with Crippen molar-refractivity contribution in [2.24, 2.45) is 53.3 Å². The number of unbranched alkanes of at least 4 members (excludes halogenated alkanes) is 1. The summed E-state index contributed by atoms with van der Waals surface area (Å²) in [6.07, 6.45) is 42.0. The molecule has 0 fully saturated rings. The molecule has 9 heteroatoms. The Balaban J connectivity index is 0.000000250. The van der Waals surface area contributed by atoms with Gasteiger partial charge in [0.2, 0.25) is 0 Å².